The van der Waals surface area contributed by atoms with E-state index in [1.807, 2.05) is 60.7 Å². The number of rotatable bonds is 5. The van der Waals surface area contributed by atoms with Gasteiger partial charge in [0.1, 0.15) is 0 Å². The van der Waals surface area contributed by atoms with E-state index in [0.29, 0.717) is 10.6 Å². The summed E-state index contributed by atoms with van der Waals surface area (Å²) in [4.78, 5) is 11.9. The lowest BCUT2D eigenvalue weighted by Gasteiger charge is -2.31. The van der Waals surface area contributed by atoms with Crippen LogP contribution >= 0.6 is 11.6 Å². The van der Waals surface area contributed by atoms with Crippen molar-refractivity contribution in [1.29, 1.82) is 0 Å². The number of esters is 1. The maximum atomic E-state index is 13.2. The Labute approximate surface area is 188 Å². The Balaban J connectivity index is 1.75. The molecule has 1 saturated heterocycles. The van der Waals surface area contributed by atoms with Gasteiger partial charge in [-0.3, -0.25) is 10.6 Å². The molecule has 0 aromatic heterocycles. The number of carbonyl (C=O) groups is 1. The Morgan fingerprint density at radius 3 is 1.75 bits per heavy atom. The van der Waals surface area contributed by atoms with E-state index < -0.39 is 30.1 Å². The number of halogens is 4. The minimum Gasteiger partial charge on any atom is -0.423 e. The van der Waals surface area contributed by atoms with Gasteiger partial charge in [0.15, 0.2) is 0 Å². The second-order valence-electron chi connectivity index (χ2n) is 7.58. The van der Waals surface area contributed by atoms with Crippen LogP contribution in [0.4, 0.5) is 13.2 Å². The Morgan fingerprint density at radius 1 is 0.844 bits per heavy atom. The molecular weight excluding hydrogens is 441 g/mol. The van der Waals surface area contributed by atoms with Crippen LogP contribution in [0, 0.1) is 0 Å². The summed E-state index contributed by atoms with van der Waals surface area (Å²) in [5, 5.41) is 6.79. The molecule has 4 rings (SSSR count). The molecule has 0 amide bonds. The third-order valence-corrected chi connectivity index (χ3v) is 5.54. The predicted octanol–water partition coefficient (Wildman–Crippen LogP) is 5.32. The summed E-state index contributed by atoms with van der Waals surface area (Å²) in [6, 6.07) is 24.3. The Bertz CT molecular complexity index is 1010. The first-order valence-corrected chi connectivity index (χ1v) is 10.3. The fraction of sp³-hybridized carbons (Fsp3) is 0.208. The molecule has 32 heavy (non-hydrogen) atoms. The van der Waals surface area contributed by atoms with Crippen molar-refractivity contribution in [2.75, 3.05) is 0 Å². The monoisotopic (exact) mass is 460 g/mol. The first-order chi connectivity index (χ1) is 15.3. The number of hydrogen-bond acceptors (Lipinski definition) is 4. The Morgan fingerprint density at radius 2 is 1.31 bits per heavy atom. The van der Waals surface area contributed by atoms with Crippen LogP contribution in [0.2, 0.25) is 5.02 Å². The van der Waals surface area contributed by atoms with E-state index in [1.165, 1.54) is 0 Å². The topological polar surface area (TPSA) is 50.4 Å². The summed E-state index contributed by atoms with van der Waals surface area (Å²) >= 11 is 5.95. The van der Waals surface area contributed by atoms with E-state index in [9.17, 15) is 18.0 Å². The van der Waals surface area contributed by atoms with Gasteiger partial charge < -0.3 is 4.74 Å². The predicted molar refractivity (Wildman–Crippen MR) is 115 cm³/mol. The van der Waals surface area contributed by atoms with Gasteiger partial charge in [-0.15, -0.1) is 0 Å². The number of hydrogen-bond donors (Lipinski definition) is 2. The zero-order chi connectivity index (χ0) is 22.8. The highest BCUT2D eigenvalue weighted by atomic mass is 35.5. The largest absolute Gasteiger partial charge is 0.491 e. The summed E-state index contributed by atoms with van der Waals surface area (Å²) in [6.45, 7) is 0. The maximum absolute atomic E-state index is 13.2. The first kappa shape index (κ1) is 22.3. The minimum absolute atomic E-state index is 0.0430. The Hall–Kier alpha value is -2.87. The van der Waals surface area contributed by atoms with Crippen LogP contribution in [-0.4, -0.2) is 18.0 Å². The molecule has 4 nitrogen and oxygen atoms in total. The van der Waals surface area contributed by atoms with Crippen LogP contribution in [-0.2, 0) is 16.0 Å². The number of alkyl halides is 3. The highest BCUT2D eigenvalue weighted by Crippen LogP contribution is 2.39. The zero-order valence-corrected chi connectivity index (χ0v) is 17.5. The van der Waals surface area contributed by atoms with E-state index in [2.05, 4.69) is 10.6 Å². The van der Waals surface area contributed by atoms with Crippen LogP contribution < -0.4 is 10.6 Å². The fourth-order valence-electron chi connectivity index (χ4n) is 3.89. The number of ether oxygens (including phenoxy) is 1. The summed E-state index contributed by atoms with van der Waals surface area (Å²) in [6.07, 6.45) is -5.18. The first-order valence-electron chi connectivity index (χ1n) is 9.96. The van der Waals surface area contributed by atoms with Crippen molar-refractivity contribution in [2.24, 2.45) is 0 Å². The lowest BCUT2D eigenvalue weighted by molar-refractivity contribution is -0.218. The highest BCUT2D eigenvalue weighted by molar-refractivity contribution is 6.30. The average Bonchev–Trinajstić information content (AvgIpc) is 3.15. The summed E-state index contributed by atoms with van der Waals surface area (Å²) < 4.78 is 44.6. The lowest BCUT2D eigenvalue weighted by atomic mass is 9.95. The summed E-state index contributed by atoms with van der Waals surface area (Å²) in [5.41, 5.74) is 2.33. The van der Waals surface area contributed by atoms with Crippen molar-refractivity contribution in [3.05, 3.63) is 107 Å². The average molecular weight is 461 g/mol. The molecular formula is C24H20ClF3N2O2. The summed E-state index contributed by atoms with van der Waals surface area (Å²) in [7, 11) is 0. The zero-order valence-electron chi connectivity index (χ0n) is 16.8. The molecule has 3 aromatic rings. The molecule has 0 aliphatic carbocycles. The third-order valence-electron chi connectivity index (χ3n) is 5.29. The molecule has 0 bridgehead atoms. The molecule has 0 spiro atoms. The van der Waals surface area contributed by atoms with Gasteiger partial charge in [0, 0.05) is 11.4 Å². The van der Waals surface area contributed by atoms with Gasteiger partial charge in [-0.05, 0) is 28.8 Å². The van der Waals surface area contributed by atoms with Gasteiger partial charge >= 0.3 is 12.1 Å². The second kappa shape index (κ2) is 8.94. The van der Waals surface area contributed by atoms with Crippen molar-refractivity contribution in [1.82, 2.24) is 10.6 Å². The van der Waals surface area contributed by atoms with Gasteiger partial charge in [-0.25, -0.2) is 4.79 Å². The maximum Gasteiger partial charge on any atom is 0.491 e. The molecule has 3 aromatic carbocycles. The molecule has 1 heterocycles. The van der Waals surface area contributed by atoms with E-state index in [1.54, 1.807) is 24.3 Å². The van der Waals surface area contributed by atoms with Gasteiger partial charge in [0.2, 0.25) is 5.85 Å². The molecule has 0 saturated carbocycles. The Kier molecular flexibility index (Phi) is 6.24. The van der Waals surface area contributed by atoms with Crippen molar-refractivity contribution >= 4 is 17.6 Å². The smallest absolute Gasteiger partial charge is 0.423 e. The van der Waals surface area contributed by atoms with Crippen molar-refractivity contribution in [3.8, 4) is 0 Å². The van der Waals surface area contributed by atoms with Crippen LogP contribution in [0.3, 0.4) is 0 Å². The second-order valence-corrected chi connectivity index (χ2v) is 8.02. The number of nitrogens with one attached hydrogen (secondary N) is 2. The van der Waals surface area contributed by atoms with Crippen molar-refractivity contribution < 1.29 is 22.7 Å². The molecule has 2 atom stereocenters. The third kappa shape index (κ3) is 4.96. The van der Waals surface area contributed by atoms with Gasteiger partial charge in [-0.1, -0.05) is 84.4 Å². The van der Waals surface area contributed by atoms with Crippen LogP contribution in [0.5, 0.6) is 0 Å². The summed E-state index contributed by atoms with van der Waals surface area (Å²) in [5.74, 6) is -4.06. The normalized spacial score (nSPS) is 23.1. The van der Waals surface area contributed by atoms with E-state index in [0.717, 1.165) is 11.1 Å². The van der Waals surface area contributed by atoms with Crippen molar-refractivity contribution in [3.63, 3.8) is 0 Å². The quantitative estimate of drug-likeness (QED) is 0.506. The van der Waals surface area contributed by atoms with Gasteiger partial charge in [-0.2, -0.15) is 13.2 Å². The van der Waals surface area contributed by atoms with Gasteiger partial charge in [0.25, 0.3) is 0 Å². The minimum atomic E-state index is -5.14. The molecule has 1 aliphatic rings. The SMILES string of the molecule is O=C(OC1(Cc2ccc(Cl)cc2)NC(c2ccccc2)C(c2ccccc2)N1)C(F)(F)F. The van der Waals surface area contributed by atoms with E-state index >= 15 is 0 Å². The lowest BCUT2D eigenvalue weighted by Crippen LogP contribution is -2.56. The molecule has 166 valence electrons. The van der Waals surface area contributed by atoms with Crippen LogP contribution in [0.15, 0.2) is 84.9 Å². The van der Waals surface area contributed by atoms with Crippen LogP contribution in [0.1, 0.15) is 28.8 Å². The molecule has 8 heteroatoms. The number of benzene rings is 3. The molecule has 1 aliphatic heterocycles. The molecule has 0 radical (unpaired) electrons. The highest BCUT2D eigenvalue weighted by Gasteiger charge is 2.52. The fourth-order valence-corrected chi connectivity index (χ4v) is 4.01. The number of carbonyl (C=O) groups excluding carboxylic acids is 1. The molecule has 2 unspecified atom stereocenters. The van der Waals surface area contributed by atoms with Crippen LogP contribution in [0.25, 0.3) is 0 Å². The molecule has 1 fully saturated rings. The standard InChI is InChI=1S/C24H20ClF3N2O2/c25-19-13-11-16(12-14-19)15-23(32-22(31)24(26,27)28)29-20(17-7-3-1-4-8-17)21(30-23)18-9-5-2-6-10-18/h1-14,20-21,29-30H,15H2. The van der Waals surface area contributed by atoms with E-state index in [4.69, 9.17) is 16.3 Å². The molecule has 2 N–H and O–H groups in total. The van der Waals surface area contributed by atoms with E-state index in [-0.39, 0.29) is 6.42 Å². The van der Waals surface area contributed by atoms with Gasteiger partial charge in [0.05, 0.1) is 12.1 Å². The van der Waals surface area contributed by atoms with Crippen molar-refractivity contribution in [2.45, 2.75) is 30.5 Å².